The number of nitrogens with one attached hydrogen (secondary N) is 1. The van der Waals surface area contributed by atoms with Crippen LogP contribution in [-0.4, -0.2) is 40.7 Å². The van der Waals surface area contributed by atoms with Crippen LogP contribution in [0.1, 0.15) is 52.9 Å². The highest BCUT2D eigenvalue weighted by molar-refractivity contribution is 5.39. The summed E-state index contributed by atoms with van der Waals surface area (Å²) in [7, 11) is 0. The summed E-state index contributed by atoms with van der Waals surface area (Å²) in [5.74, 6) is 1.37. The number of hydrogen-bond acceptors (Lipinski definition) is 6. The van der Waals surface area contributed by atoms with Crippen LogP contribution in [0.3, 0.4) is 0 Å². The summed E-state index contributed by atoms with van der Waals surface area (Å²) in [4.78, 5) is 15.7. The molecule has 118 valence electrons. The first-order valence-corrected chi connectivity index (χ1v) is 8.17. The van der Waals surface area contributed by atoms with Crippen LogP contribution in [0, 0.1) is 0 Å². The van der Waals surface area contributed by atoms with Gasteiger partial charge in [-0.25, -0.2) is 0 Å². The van der Waals surface area contributed by atoms with Gasteiger partial charge in [0.1, 0.15) is 0 Å². The van der Waals surface area contributed by atoms with Crippen molar-refractivity contribution in [3.63, 3.8) is 0 Å². The Bertz CT molecular complexity index is 440. The number of anilines is 2. The fourth-order valence-corrected chi connectivity index (χ4v) is 2.67. The lowest BCUT2D eigenvalue weighted by Gasteiger charge is -2.35. The lowest BCUT2D eigenvalue weighted by Crippen LogP contribution is -2.40. The van der Waals surface area contributed by atoms with Gasteiger partial charge in [0.15, 0.2) is 0 Å². The van der Waals surface area contributed by atoms with E-state index in [-0.39, 0.29) is 0 Å². The number of nitrogens with zero attached hydrogens (tertiary/aromatic N) is 4. The first-order chi connectivity index (χ1) is 10.3. The second-order valence-electron chi connectivity index (χ2n) is 5.35. The SMILES string of the molecule is CCCNc1nc(OCC)nc(N2CCCCC2CC)n1. The van der Waals surface area contributed by atoms with Gasteiger partial charge in [0.05, 0.1) is 6.61 Å². The summed E-state index contributed by atoms with van der Waals surface area (Å²) < 4.78 is 5.50. The van der Waals surface area contributed by atoms with Crippen molar-refractivity contribution in [2.45, 2.75) is 58.9 Å². The standard InChI is InChI=1S/C15H27N5O/c1-4-10-16-13-17-14(19-15(18-13)21-6-3)20-11-8-7-9-12(20)5-2/h12H,4-11H2,1-3H3,(H,16,17,18,19). The first-order valence-electron chi connectivity index (χ1n) is 8.17. The number of piperidine rings is 1. The zero-order chi connectivity index (χ0) is 15.1. The molecule has 1 fully saturated rings. The van der Waals surface area contributed by atoms with E-state index in [4.69, 9.17) is 4.74 Å². The molecule has 1 aromatic rings. The normalized spacial score (nSPS) is 18.6. The van der Waals surface area contributed by atoms with Crippen LogP contribution in [0.2, 0.25) is 0 Å². The Labute approximate surface area is 127 Å². The third-order valence-corrected chi connectivity index (χ3v) is 3.76. The molecule has 0 saturated carbocycles. The monoisotopic (exact) mass is 293 g/mol. The maximum Gasteiger partial charge on any atom is 0.323 e. The van der Waals surface area contributed by atoms with Crippen molar-refractivity contribution in [2.24, 2.45) is 0 Å². The lowest BCUT2D eigenvalue weighted by molar-refractivity contribution is 0.311. The molecule has 1 atom stereocenters. The molecule has 0 spiro atoms. The maximum atomic E-state index is 5.50. The fourth-order valence-electron chi connectivity index (χ4n) is 2.67. The largest absolute Gasteiger partial charge is 0.464 e. The van der Waals surface area contributed by atoms with E-state index < -0.39 is 0 Å². The minimum Gasteiger partial charge on any atom is -0.464 e. The van der Waals surface area contributed by atoms with Gasteiger partial charge >= 0.3 is 6.01 Å². The Balaban J connectivity index is 2.24. The summed E-state index contributed by atoms with van der Waals surface area (Å²) in [6, 6.07) is 0.941. The van der Waals surface area contributed by atoms with Crippen LogP contribution in [0.25, 0.3) is 0 Å². The zero-order valence-corrected chi connectivity index (χ0v) is 13.4. The first kappa shape index (κ1) is 15.8. The molecule has 2 rings (SSSR count). The summed E-state index contributed by atoms with van der Waals surface area (Å²) in [5, 5.41) is 3.24. The van der Waals surface area contributed by atoms with Crippen LogP contribution in [-0.2, 0) is 0 Å². The van der Waals surface area contributed by atoms with E-state index in [1.165, 1.54) is 19.3 Å². The number of ether oxygens (including phenoxy) is 1. The van der Waals surface area contributed by atoms with E-state index in [9.17, 15) is 0 Å². The molecule has 1 unspecified atom stereocenters. The molecule has 1 aromatic heterocycles. The topological polar surface area (TPSA) is 63.2 Å². The highest BCUT2D eigenvalue weighted by Crippen LogP contribution is 2.25. The average Bonchev–Trinajstić information content (AvgIpc) is 2.53. The highest BCUT2D eigenvalue weighted by Gasteiger charge is 2.24. The Morgan fingerprint density at radius 3 is 2.76 bits per heavy atom. The van der Waals surface area contributed by atoms with Crippen molar-refractivity contribution in [3.05, 3.63) is 0 Å². The fraction of sp³-hybridized carbons (Fsp3) is 0.800. The molecule has 1 aliphatic rings. The molecular formula is C15H27N5O. The second-order valence-corrected chi connectivity index (χ2v) is 5.35. The molecule has 0 aliphatic carbocycles. The number of rotatable bonds is 7. The van der Waals surface area contributed by atoms with Gasteiger partial charge in [-0.2, -0.15) is 15.0 Å². The minimum atomic E-state index is 0.418. The van der Waals surface area contributed by atoms with E-state index >= 15 is 0 Å². The van der Waals surface area contributed by atoms with E-state index in [1.807, 2.05) is 6.92 Å². The van der Waals surface area contributed by atoms with Crippen molar-refractivity contribution in [1.82, 2.24) is 15.0 Å². The van der Waals surface area contributed by atoms with Crippen LogP contribution in [0.4, 0.5) is 11.9 Å². The number of aromatic nitrogens is 3. The highest BCUT2D eigenvalue weighted by atomic mass is 16.5. The third-order valence-electron chi connectivity index (χ3n) is 3.76. The van der Waals surface area contributed by atoms with Crippen molar-refractivity contribution in [3.8, 4) is 6.01 Å². The molecule has 1 aliphatic heterocycles. The Hall–Kier alpha value is -1.59. The third kappa shape index (κ3) is 4.19. The van der Waals surface area contributed by atoms with E-state index in [2.05, 4.69) is 39.0 Å². The minimum absolute atomic E-state index is 0.418. The summed E-state index contributed by atoms with van der Waals surface area (Å²) >= 11 is 0. The predicted molar refractivity (Wildman–Crippen MR) is 85.1 cm³/mol. The summed E-state index contributed by atoms with van der Waals surface area (Å²) in [6.45, 7) is 8.72. The quantitative estimate of drug-likeness (QED) is 0.834. The second kappa shape index (κ2) is 8.00. The molecule has 0 amide bonds. The molecule has 0 radical (unpaired) electrons. The van der Waals surface area contributed by atoms with Crippen molar-refractivity contribution in [2.75, 3.05) is 29.9 Å². The summed E-state index contributed by atoms with van der Waals surface area (Å²) in [5.41, 5.74) is 0. The van der Waals surface area contributed by atoms with Gasteiger partial charge in [-0.05, 0) is 39.0 Å². The molecule has 1 saturated heterocycles. The molecule has 6 heteroatoms. The van der Waals surface area contributed by atoms with Crippen molar-refractivity contribution in [1.29, 1.82) is 0 Å². The molecule has 0 bridgehead atoms. The zero-order valence-electron chi connectivity index (χ0n) is 13.4. The van der Waals surface area contributed by atoms with Gasteiger partial charge in [-0.1, -0.05) is 13.8 Å². The van der Waals surface area contributed by atoms with Gasteiger partial charge in [0.25, 0.3) is 0 Å². The van der Waals surface area contributed by atoms with Crippen LogP contribution in [0.15, 0.2) is 0 Å². The molecule has 0 aromatic carbocycles. The molecule has 6 nitrogen and oxygen atoms in total. The molecule has 2 heterocycles. The summed E-state index contributed by atoms with van der Waals surface area (Å²) in [6.07, 6.45) is 5.85. The molecule has 1 N–H and O–H groups in total. The Morgan fingerprint density at radius 2 is 2.05 bits per heavy atom. The van der Waals surface area contributed by atoms with E-state index in [1.54, 1.807) is 0 Å². The van der Waals surface area contributed by atoms with E-state index in [0.29, 0.717) is 24.6 Å². The maximum absolute atomic E-state index is 5.50. The predicted octanol–water partition coefficient (Wildman–Crippen LogP) is 2.86. The smallest absolute Gasteiger partial charge is 0.323 e. The Kier molecular flexibility index (Phi) is 6.02. The van der Waals surface area contributed by atoms with E-state index in [0.717, 1.165) is 31.9 Å². The molecule has 21 heavy (non-hydrogen) atoms. The van der Waals surface area contributed by atoms with Crippen LogP contribution >= 0.6 is 0 Å². The van der Waals surface area contributed by atoms with Gasteiger partial charge in [0.2, 0.25) is 11.9 Å². The van der Waals surface area contributed by atoms with Crippen molar-refractivity contribution >= 4 is 11.9 Å². The van der Waals surface area contributed by atoms with Gasteiger partial charge in [-0.15, -0.1) is 0 Å². The van der Waals surface area contributed by atoms with Crippen molar-refractivity contribution < 1.29 is 4.74 Å². The van der Waals surface area contributed by atoms with Gasteiger partial charge in [-0.3, -0.25) is 0 Å². The number of hydrogen-bond donors (Lipinski definition) is 1. The van der Waals surface area contributed by atoms with Gasteiger partial charge < -0.3 is 15.0 Å². The lowest BCUT2D eigenvalue weighted by atomic mass is 10.0. The average molecular weight is 293 g/mol. The molecular weight excluding hydrogens is 266 g/mol. The van der Waals surface area contributed by atoms with Crippen LogP contribution < -0.4 is 15.0 Å². The van der Waals surface area contributed by atoms with Gasteiger partial charge in [0, 0.05) is 19.1 Å². The Morgan fingerprint density at radius 1 is 1.19 bits per heavy atom. The van der Waals surface area contributed by atoms with Crippen LogP contribution in [0.5, 0.6) is 6.01 Å².